The first-order chi connectivity index (χ1) is 10.6. The lowest BCUT2D eigenvalue weighted by molar-refractivity contribution is -0.135. The molecule has 0 unspecified atom stereocenters. The van der Waals surface area contributed by atoms with Crippen LogP contribution in [0.1, 0.15) is 24.8 Å². The minimum absolute atomic E-state index is 0.0486. The maximum absolute atomic E-state index is 13.0. The maximum atomic E-state index is 13.0. The van der Waals surface area contributed by atoms with Gasteiger partial charge < -0.3 is 9.80 Å². The molecule has 4 nitrogen and oxygen atoms in total. The standard InChI is InChI=1S/C18H22N2O2/c1-3-16(21)20-12-9-15(13-20)19(2)17(22)18(10-11-18)14-7-5-4-6-8-14/h3-8,15H,1,9-13H2,2H3/t15-/m1/s1. The molecule has 1 aliphatic heterocycles. The third-order valence-electron chi connectivity index (χ3n) is 5.00. The van der Waals surface area contributed by atoms with Crippen molar-refractivity contribution in [1.82, 2.24) is 9.80 Å². The predicted octanol–water partition coefficient (Wildman–Crippen LogP) is 1.96. The summed E-state index contributed by atoms with van der Waals surface area (Å²) in [4.78, 5) is 28.3. The molecular formula is C18H22N2O2. The molecule has 1 aromatic rings. The van der Waals surface area contributed by atoms with E-state index < -0.39 is 0 Å². The lowest BCUT2D eigenvalue weighted by Gasteiger charge is -2.29. The van der Waals surface area contributed by atoms with Gasteiger partial charge >= 0.3 is 0 Å². The second-order valence-corrected chi connectivity index (χ2v) is 6.30. The molecule has 1 atom stereocenters. The number of benzene rings is 1. The predicted molar refractivity (Wildman–Crippen MR) is 85.3 cm³/mol. The van der Waals surface area contributed by atoms with Crippen LogP contribution in [0.15, 0.2) is 43.0 Å². The van der Waals surface area contributed by atoms with Crippen LogP contribution in [-0.4, -0.2) is 47.8 Å². The maximum Gasteiger partial charge on any atom is 0.246 e. The Kier molecular flexibility index (Phi) is 3.77. The fourth-order valence-electron chi connectivity index (χ4n) is 3.40. The highest BCUT2D eigenvalue weighted by Gasteiger charge is 2.53. The van der Waals surface area contributed by atoms with Crippen molar-refractivity contribution in [2.75, 3.05) is 20.1 Å². The zero-order valence-electron chi connectivity index (χ0n) is 13.0. The first-order valence-electron chi connectivity index (χ1n) is 7.82. The molecule has 1 aromatic carbocycles. The van der Waals surface area contributed by atoms with Gasteiger partial charge in [0.2, 0.25) is 11.8 Å². The highest BCUT2D eigenvalue weighted by atomic mass is 16.2. The van der Waals surface area contributed by atoms with Gasteiger partial charge in [-0.25, -0.2) is 0 Å². The number of amides is 2. The topological polar surface area (TPSA) is 40.6 Å². The molecule has 0 N–H and O–H groups in total. The number of hydrogen-bond acceptors (Lipinski definition) is 2. The van der Waals surface area contributed by atoms with Gasteiger partial charge in [0, 0.05) is 20.1 Å². The molecule has 0 spiro atoms. The van der Waals surface area contributed by atoms with Gasteiger partial charge in [0.05, 0.1) is 11.5 Å². The fourth-order valence-corrected chi connectivity index (χ4v) is 3.40. The summed E-state index contributed by atoms with van der Waals surface area (Å²) in [6, 6.07) is 10.1. The first kappa shape index (κ1) is 14.8. The smallest absolute Gasteiger partial charge is 0.246 e. The van der Waals surface area contributed by atoms with E-state index in [4.69, 9.17) is 0 Å². The van der Waals surface area contributed by atoms with Crippen LogP contribution < -0.4 is 0 Å². The fraction of sp³-hybridized carbons (Fsp3) is 0.444. The van der Waals surface area contributed by atoms with Crippen LogP contribution in [0, 0.1) is 0 Å². The summed E-state index contributed by atoms with van der Waals surface area (Å²) < 4.78 is 0. The van der Waals surface area contributed by atoms with Crippen molar-refractivity contribution >= 4 is 11.8 Å². The molecule has 0 radical (unpaired) electrons. The van der Waals surface area contributed by atoms with Crippen LogP contribution in [0.5, 0.6) is 0 Å². The summed E-state index contributed by atoms with van der Waals surface area (Å²) >= 11 is 0. The van der Waals surface area contributed by atoms with Gasteiger partial charge in [-0.1, -0.05) is 36.9 Å². The lowest BCUT2D eigenvalue weighted by Crippen LogP contribution is -2.44. The second kappa shape index (κ2) is 5.59. The van der Waals surface area contributed by atoms with Crippen LogP contribution in [0.4, 0.5) is 0 Å². The number of carbonyl (C=O) groups excluding carboxylic acids is 2. The first-order valence-corrected chi connectivity index (χ1v) is 7.82. The summed E-state index contributed by atoms with van der Waals surface area (Å²) in [7, 11) is 1.87. The van der Waals surface area contributed by atoms with E-state index in [9.17, 15) is 9.59 Å². The normalized spacial score (nSPS) is 22.2. The Morgan fingerprint density at radius 1 is 1.32 bits per heavy atom. The van der Waals surface area contributed by atoms with Crippen molar-refractivity contribution in [3.05, 3.63) is 48.6 Å². The van der Waals surface area contributed by atoms with E-state index in [0.29, 0.717) is 13.1 Å². The third kappa shape index (κ3) is 2.43. The molecular weight excluding hydrogens is 276 g/mol. The van der Waals surface area contributed by atoms with E-state index in [1.54, 1.807) is 4.90 Å². The molecule has 2 aliphatic rings. The van der Waals surface area contributed by atoms with E-state index in [-0.39, 0.29) is 23.3 Å². The van der Waals surface area contributed by atoms with E-state index in [1.165, 1.54) is 6.08 Å². The van der Waals surface area contributed by atoms with Gasteiger partial charge in [-0.2, -0.15) is 0 Å². The van der Waals surface area contributed by atoms with Crippen molar-refractivity contribution in [3.8, 4) is 0 Å². The Morgan fingerprint density at radius 3 is 2.59 bits per heavy atom. The van der Waals surface area contributed by atoms with Gasteiger partial charge in [0.25, 0.3) is 0 Å². The molecule has 0 aromatic heterocycles. The molecule has 3 rings (SSSR count). The molecule has 2 amide bonds. The highest BCUT2D eigenvalue weighted by Crippen LogP contribution is 2.49. The average molecular weight is 298 g/mol. The van der Waals surface area contributed by atoms with E-state index in [0.717, 1.165) is 24.8 Å². The molecule has 0 bridgehead atoms. The Balaban J connectivity index is 1.71. The van der Waals surface area contributed by atoms with Gasteiger partial charge in [-0.3, -0.25) is 9.59 Å². The molecule has 1 heterocycles. The van der Waals surface area contributed by atoms with Gasteiger partial charge in [-0.15, -0.1) is 0 Å². The Labute approximate surface area is 131 Å². The average Bonchev–Trinajstić information content (AvgIpc) is 3.23. The number of likely N-dealkylation sites (tertiary alicyclic amines) is 1. The summed E-state index contributed by atoms with van der Waals surface area (Å²) in [5, 5.41) is 0. The minimum atomic E-state index is -0.328. The molecule has 1 saturated carbocycles. The number of carbonyl (C=O) groups is 2. The Bertz CT molecular complexity index is 592. The van der Waals surface area contributed by atoms with Crippen molar-refractivity contribution in [2.45, 2.75) is 30.7 Å². The summed E-state index contributed by atoms with van der Waals surface area (Å²) in [6.45, 7) is 4.84. The molecule has 1 aliphatic carbocycles. The van der Waals surface area contributed by atoms with E-state index in [2.05, 4.69) is 6.58 Å². The van der Waals surface area contributed by atoms with Crippen LogP contribution in [0.3, 0.4) is 0 Å². The van der Waals surface area contributed by atoms with Crippen LogP contribution in [0.25, 0.3) is 0 Å². The highest BCUT2D eigenvalue weighted by molar-refractivity contribution is 5.91. The van der Waals surface area contributed by atoms with Crippen molar-refractivity contribution in [2.24, 2.45) is 0 Å². The van der Waals surface area contributed by atoms with Crippen LogP contribution in [-0.2, 0) is 15.0 Å². The molecule has 2 fully saturated rings. The van der Waals surface area contributed by atoms with Crippen LogP contribution >= 0.6 is 0 Å². The molecule has 116 valence electrons. The monoisotopic (exact) mass is 298 g/mol. The molecule has 4 heteroatoms. The van der Waals surface area contributed by atoms with Gasteiger partial charge in [0.15, 0.2) is 0 Å². The second-order valence-electron chi connectivity index (χ2n) is 6.30. The molecule has 22 heavy (non-hydrogen) atoms. The minimum Gasteiger partial charge on any atom is -0.340 e. The van der Waals surface area contributed by atoms with Crippen molar-refractivity contribution in [1.29, 1.82) is 0 Å². The number of nitrogens with zero attached hydrogens (tertiary/aromatic N) is 2. The summed E-state index contributed by atoms with van der Waals surface area (Å²) in [5.74, 6) is 0.143. The Hall–Kier alpha value is -2.10. The zero-order chi connectivity index (χ0) is 15.7. The van der Waals surface area contributed by atoms with Gasteiger partial charge in [0.1, 0.15) is 0 Å². The number of rotatable bonds is 4. The number of likely N-dealkylation sites (N-methyl/N-ethyl adjacent to an activating group) is 1. The summed E-state index contributed by atoms with van der Waals surface area (Å²) in [6.07, 6.45) is 4.02. The summed E-state index contributed by atoms with van der Waals surface area (Å²) in [5.41, 5.74) is 0.787. The van der Waals surface area contributed by atoms with Crippen molar-refractivity contribution < 1.29 is 9.59 Å². The SMILES string of the molecule is C=CC(=O)N1CC[C@@H](N(C)C(=O)C2(c3ccccc3)CC2)C1. The molecule has 1 saturated heterocycles. The largest absolute Gasteiger partial charge is 0.340 e. The quantitative estimate of drug-likeness (QED) is 0.797. The van der Waals surface area contributed by atoms with Crippen LogP contribution in [0.2, 0.25) is 0 Å². The third-order valence-corrected chi connectivity index (χ3v) is 5.00. The zero-order valence-corrected chi connectivity index (χ0v) is 13.0. The van der Waals surface area contributed by atoms with Crippen molar-refractivity contribution in [3.63, 3.8) is 0 Å². The van der Waals surface area contributed by atoms with Gasteiger partial charge in [-0.05, 0) is 30.9 Å². The van der Waals surface area contributed by atoms with E-state index >= 15 is 0 Å². The Morgan fingerprint density at radius 2 is 2.00 bits per heavy atom. The number of hydrogen-bond donors (Lipinski definition) is 0. The lowest BCUT2D eigenvalue weighted by atomic mass is 9.94. The van der Waals surface area contributed by atoms with E-state index in [1.807, 2.05) is 42.3 Å².